The zero-order valence-electron chi connectivity index (χ0n) is 48.7. The molecule has 2 atom stereocenters. The molecule has 0 aliphatic heterocycles. The Morgan fingerprint density at radius 3 is 0.986 bits per heavy atom. The van der Waals surface area contributed by atoms with Crippen LogP contribution in [-0.2, 0) is 14.3 Å². The van der Waals surface area contributed by atoms with E-state index in [0.29, 0.717) is 25.9 Å². The van der Waals surface area contributed by atoms with Crippen LogP contribution in [0.1, 0.15) is 361 Å². The Bertz CT molecular complexity index is 1120. The molecular weight excluding hydrogens is 887 g/mol. The van der Waals surface area contributed by atoms with E-state index in [0.717, 1.165) is 44.9 Å². The molecule has 0 spiro atoms. The van der Waals surface area contributed by atoms with Gasteiger partial charge in [-0.2, -0.15) is 0 Å². The van der Waals surface area contributed by atoms with E-state index in [9.17, 15) is 19.8 Å². The molecule has 0 aliphatic rings. The van der Waals surface area contributed by atoms with Crippen molar-refractivity contribution in [2.75, 3.05) is 13.2 Å². The maximum atomic E-state index is 12.5. The Morgan fingerprint density at radius 1 is 0.375 bits per heavy atom. The van der Waals surface area contributed by atoms with Crippen molar-refractivity contribution < 1.29 is 24.5 Å². The number of hydrogen-bond acceptors (Lipinski definition) is 5. The summed E-state index contributed by atoms with van der Waals surface area (Å²) in [4.78, 5) is 24.6. The molecule has 0 aromatic rings. The zero-order chi connectivity index (χ0) is 52.2. The van der Waals surface area contributed by atoms with Crippen molar-refractivity contribution in [3.05, 3.63) is 24.3 Å². The highest BCUT2D eigenvalue weighted by atomic mass is 16.5. The molecule has 0 aromatic carbocycles. The van der Waals surface area contributed by atoms with Crippen LogP contribution in [0.4, 0.5) is 0 Å². The Kier molecular flexibility index (Phi) is 60.5. The fraction of sp³-hybridized carbons (Fsp3) is 0.909. The number of allylic oxidation sites excluding steroid dienone is 4. The number of carbonyl (C=O) groups is 2. The molecule has 0 saturated carbocycles. The Labute approximate surface area is 450 Å². The zero-order valence-corrected chi connectivity index (χ0v) is 48.7. The summed E-state index contributed by atoms with van der Waals surface area (Å²) in [6, 6.07) is -0.548. The number of unbranched alkanes of at least 4 members (excludes halogenated alkanes) is 46. The molecule has 0 fully saturated rings. The van der Waals surface area contributed by atoms with Crippen LogP contribution < -0.4 is 5.32 Å². The molecule has 6 heteroatoms. The number of hydrogen-bond donors (Lipinski definition) is 3. The summed E-state index contributed by atoms with van der Waals surface area (Å²) in [6.07, 6.45) is 76.2. The summed E-state index contributed by atoms with van der Waals surface area (Å²) in [7, 11) is 0. The van der Waals surface area contributed by atoms with E-state index in [1.54, 1.807) is 0 Å². The molecule has 0 rings (SSSR count). The lowest BCUT2D eigenvalue weighted by Gasteiger charge is -2.22. The van der Waals surface area contributed by atoms with Crippen molar-refractivity contribution in [1.29, 1.82) is 0 Å². The van der Waals surface area contributed by atoms with Crippen molar-refractivity contribution >= 4 is 11.9 Å². The first-order valence-electron chi connectivity index (χ1n) is 32.6. The lowest BCUT2D eigenvalue weighted by Crippen LogP contribution is -2.45. The quantitative estimate of drug-likeness (QED) is 0.0320. The molecule has 0 aromatic heterocycles. The largest absolute Gasteiger partial charge is 0.466 e. The third kappa shape index (κ3) is 57.6. The summed E-state index contributed by atoms with van der Waals surface area (Å²) >= 11 is 0. The van der Waals surface area contributed by atoms with Crippen LogP contribution in [0.25, 0.3) is 0 Å². The van der Waals surface area contributed by atoms with Gasteiger partial charge < -0.3 is 20.3 Å². The molecule has 0 bridgehead atoms. The molecular formula is C66H127NO5. The average molecular weight is 1010 g/mol. The van der Waals surface area contributed by atoms with Gasteiger partial charge in [0.25, 0.3) is 0 Å². The first kappa shape index (κ1) is 70.3. The predicted molar refractivity (Wildman–Crippen MR) is 315 cm³/mol. The van der Waals surface area contributed by atoms with Crippen LogP contribution in [0.2, 0.25) is 0 Å². The minimum Gasteiger partial charge on any atom is -0.466 e. The van der Waals surface area contributed by atoms with Crippen LogP contribution in [0.15, 0.2) is 24.3 Å². The van der Waals surface area contributed by atoms with Gasteiger partial charge in [-0.15, -0.1) is 0 Å². The fourth-order valence-corrected chi connectivity index (χ4v) is 10.2. The van der Waals surface area contributed by atoms with Gasteiger partial charge in [-0.3, -0.25) is 9.59 Å². The monoisotopic (exact) mass is 1010 g/mol. The molecule has 0 aliphatic carbocycles. The number of aliphatic hydroxyl groups excluding tert-OH is 2. The van der Waals surface area contributed by atoms with E-state index in [1.807, 2.05) is 0 Å². The van der Waals surface area contributed by atoms with Gasteiger partial charge in [0, 0.05) is 12.8 Å². The highest BCUT2D eigenvalue weighted by Crippen LogP contribution is 2.18. The number of aliphatic hydroxyl groups is 2. The minimum absolute atomic E-state index is 0.00403. The summed E-state index contributed by atoms with van der Waals surface area (Å²) < 4.78 is 5.49. The number of ether oxygens (including phenoxy) is 1. The lowest BCUT2D eigenvalue weighted by molar-refractivity contribution is -0.143. The summed E-state index contributed by atoms with van der Waals surface area (Å²) in [5.74, 6) is -0.0369. The standard InChI is InChI=1S/C66H127NO5/c1-3-5-7-9-11-13-15-17-19-21-28-32-36-40-44-48-52-56-60-66(71)72-61-57-53-49-45-41-37-33-29-25-23-22-24-27-31-35-39-43-47-51-55-59-65(70)67-63(62-68)64(69)58-54-50-46-42-38-34-30-26-20-18-16-14-12-10-8-6-4-2/h19,21-22,24,63-64,68-69H,3-18,20,23,25-62H2,1-2H3,(H,67,70)/b21-19-,24-22-. The number of esters is 1. The van der Waals surface area contributed by atoms with E-state index in [2.05, 4.69) is 43.5 Å². The average Bonchev–Trinajstić information content (AvgIpc) is 3.38. The lowest BCUT2D eigenvalue weighted by atomic mass is 10.0. The second-order valence-electron chi connectivity index (χ2n) is 22.4. The van der Waals surface area contributed by atoms with Crippen molar-refractivity contribution in [3.8, 4) is 0 Å². The van der Waals surface area contributed by atoms with Gasteiger partial charge in [0.05, 0.1) is 25.4 Å². The predicted octanol–water partition coefficient (Wildman–Crippen LogP) is 20.6. The van der Waals surface area contributed by atoms with Crippen molar-refractivity contribution in [1.82, 2.24) is 5.32 Å². The first-order valence-corrected chi connectivity index (χ1v) is 32.6. The van der Waals surface area contributed by atoms with Crippen LogP contribution in [-0.4, -0.2) is 47.4 Å². The van der Waals surface area contributed by atoms with Gasteiger partial charge in [0.1, 0.15) is 0 Å². The molecule has 6 nitrogen and oxygen atoms in total. The molecule has 2 unspecified atom stereocenters. The molecule has 426 valence electrons. The number of amides is 1. The highest BCUT2D eigenvalue weighted by molar-refractivity contribution is 5.76. The van der Waals surface area contributed by atoms with E-state index in [-0.39, 0.29) is 18.5 Å². The van der Waals surface area contributed by atoms with Crippen LogP contribution in [0, 0.1) is 0 Å². The topological polar surface area (TPSA) is 95.9 Å². The van der Waals surface area contributed by atoms with Gasteiger partial charge in [0.2, 0.25) is 5.91 Å². The van der Waals surface area contributed by atoms with E-state index in [1.165, 1.54) is 283 Å². The second kappa shape index (κ2) is 61.9. The van der Waals surface area contributed by atoms with Crippen molar-refractivity contribution in [2.24, 2.45) is 0 Å². The van der Waals surface area contributed by atoms with Gasteiger partial charge in [-0.1, -0.05) is 295 Å². The summed E-state index contributed by atoms with van der Waals surface area (Å²) in [6.45, 7) is 4.97. The molecule has 0 saturated heterocycles. The van der Waals surface area contributed by atoms with Crippen LogP contribution >= 0.6 is 0 Å². The third-order valence-corrected chi connectivity index (χ3v) is 15.2. The van der Waals surface area contributed by atoms with E-state index < -0.39 is 12.1 Å². The molecule has 72 heavy (non-hydrogen) atoms. The summed E-state index contributed by atoms with van der Waals surface area (Å²) in [5.41, 5.74) is 0. The van der Waals surface area contributed by atoms with Gasteiger partial charge in [-0.05, 0) is 77.0 Å². The van der Waals surface area contributed by atoms with Crippen LogP contribution in [0.3, 0.4) is 0 Å². The smallest absolute Gasteiger partial charge is 0.305 e. The fourth-order valence-electron chi connectivity index (χ4n) is 10.2. The third-order valence-electron chi connectivity index (χ3n) is 15.2. The Hall–Kier alpha value is -1.66. The Balaban J connectivity index is 3.42. The SMILES string of the molecule is CCCCCCCCC/C=C\CCCCCCCCCC(=O)OCCCCCCCCCCC/C=C\CCCCCCCCCC(=O)NC(CO)C(O)CCCCCCCCCCCCCCCCCCC. The highest BCUT2D eigenvalue weighted by Gasteiger charge is 2.20. The maximum absolute atomic E-state index is 12.5. The number of rotatable bonds is 61. The maximum Gasteiger partial charge on any atom is 0.305 e. The summed E-state index contributed by atoms with van der Waals surface area (Å²) in [5, 5.41) is 23.3. The molecule has 0 radical (unpaired) electrons. The first-order chi connectivity index (χ1) is 35.5. The second-order valence-corrected chi connectivity index (χ2v) is 22.4. The molecule has 3 N–H and O–H groups in total. The van der Waals surface area contributed by atoms with Crippen LogP contribution in [0.5, 0.6) is 0 Å². The van der Waals surface area contributed by atoms with Crippen molar-refractivity contribution in [3.63, 3.8) is 0 Å². The van der Waals surface area contributed by atoms with Gasteiger partial charge in [-0.25, -0.2) is 0 Å². The minimum atomic E-state index is -0.670. The van der Waals surface area contributed by atoms with Gasteiger partial charge in [0.15, 0.2) is 0 Å². The Morgan fingerprint density at radius 2 is 0.653 bits per heavy atom. The number of nitrogens with one attached hydrogen (secondary N) is 1. The van der Waals surface area contributed by atoms with Gasteiger partial charge >= 0.3 is 5.97 Å². The molecule has 0 heterocycles. The van der Waals surface area contributed by atoms with E-state index >= 15 is 0 Å². The molecule has 1 amide bonds. The number of carbonyl (C=O) groups excluding carboxylic acids is 2. The van der Waals surface area contributed by atoms with Crippen molar-refractivity contribution in [2.45, 2.75) is 373 Å². The van der Waals surface area contributed by atoms with E-state index in [4.69, 9.17) is 4.74 Å². The normalized spacial score (nSPS) is 12.7.